The molecule has 6 heteroatoms. The molecule has 0 saturated heterocycles. The van der Waals surface area contributed by atoms with E-state index in [1.807, 2.05) is 0 Å². The van der Waals surface area contributed by atoms with Gasteiger partial charge in [-0.3, -0.25) is 4.79 Å². The summed E-state index contributed by atoms with van der Waals surface area (Å²) in [5.41, 5.74) is 0.659. The molecule has 0 atom stereocenters. The lowest BCUT2D eigenvalue weighted by molar-refractivity contribution is 0.0527. The first-order valence-corrected chi connectivity index (χ1v) is 8.17. The summed E-state index contributed by atoms with van der Waals surface area (Å²) in [7, 11) is 0. The minimum absolute atomic E-state index is 0.172. The van der Waals surface area contributed by atoms with Crippen molar-refractivity contribution in [3.63, 3.8) is 0 Å². The standard InChI is InChI=1S/C19H22N2O4/c1-4-24-19(23)16-6-5-11-20-17(16)21-18(22)14-7-9-15(10-8-14)25-12-13(2)3/h5-11,13H,4,12H2,1-3H3,(H,20,21,22). The van der Waals surface area contributed by atoms with E-state index in [1.54, 1.807) is 43.3 Å². The van der Waals surface area contributed by atoms with Crippen molar-refractivity contribution in [3.8, 4) is 5.75 Å². The lowest BCUT2D eigenvalue weighted by Crippen LogP contribution is -2.17. The Morgan fingerprint density at radius 2 is 1.88 bits per heavy atom. The van der Waals surface area contributed by atoms with Crippen molar-refractivity contribution in [2.24, 2.45) is 5.92 Å². The first-order valence-electron chi connectivity index (χ1n) is 8.17. The number of carbonyl (C=O) groups is 2. The van der Waals surface area contributed by atoms with Crippen LogP contribution in [0.3, 0.4) is 0 Å². The molecule has 2 rings (SSSR count). The Morgan fingerprint density at radius 1 is 1.16 bits per heavy atom. The minimum Gasteiger partial charge on any atom is -0.493 e. The van der Waals surface area contributed by atoms with Gasteiger partial charge in [0.05, 0.1) is 13.2 Å². The van der Waals surface area contributed by atoms with Crippen LogP contribution in [0.5, 0.6) is 5.75 Å². The molecule has 0 saturated carbocycles. The van der Waals surface area contributed by atoms with E-state index in [-0.39, 0.29) is 23.9 Å². The van der Waals surface area contributed by atoms with E-state index in [2.05, 4.69) is 24.1 Å². The van der Waals surface area contributed by atoms with Crippen molar-refractivity contribution in [2.75, 3.05) is 18.5 Å². The number of hydrogen-bond donors (Lipinski definition) is 1. The molecule has 0 radical (unpaired) electrons. The average Bonchev–Trinajstić information content (AvgIpc) is 2.61. The number of amides is 1. The number of nitrogens with zero attached hydrogens (tertiary/aromatic N) is 1. The van der Waals surface area contributed by atoms with Crippen molar-refractivity contribution in [1.29, 1.82) is 0 Å². The highest BCUT2D eigenvalue weighted by atomic mass is 16.5. The van der Waals surface area contributed by atoms with Crippen LogP contribution in [0.4, 0.5) is 5.82 Å². The van der Waals surface area contributed by atoms with E-state index >= 15 is 0 Å². The van der Waals surface area contributed by atoms with Gasteiger partial charge in [-0.25, -0.2) is 9.78 Å². The zero-order valence-electron chi connectivity index (χ0n) is 14.6. The van der Waals surface area contributed by atoms with Gasteiger partial charge in [0.1, 0.15) is 17.1 Å². The summed E-state index contributed by atoms with van der Waals surface area (Å²) < 4.78 is 10.6. The van der Waals surface area contributed by atoms with Crippen molar-refractivity contribution in [1.82, 2.24) is 4.98 Å². The molecular weight excluding hydrogens is 320 g/mol. The summed E-state index contributed by atoms with van der Waals surface area (Å²) in [6.45, 7) is 6.71. The smallest absolute Gasteiger partial charge is 0.341 e. The van der Waals surface area contributed by atoms with E-state index in [4.69, 9.17) is 9.47 Å². The van der Waals surface area contributed by atoms with Crippen molar-refractivity contribution >= 4 is 17.7 Å². The number of carbonyl (C=O) groups excluding carboxylic acids is 2. The molecule has 25 heavy (non-hydrogen) atoms. The Morgan fingerprint density at radius 3 is 2.52 bits per heavy atom. The van der Waals surface area contributed by atoms with Crippen LogP contribution in [0.15, 0.2) is 42.6 Å². The number of anilines is 1. The number of benzene rings is 1. The summed E-state index contributed by atoms with van der Waals surface area (Å²) >= 11 is 0. The zero-order chi connectivity index (χ0) is 18.2. The van der Waals surface area contributed by atoms with Gasteiger partial charge in [0.25, 0.3) is 5.91 Å². The maximum absolute atomic E-state index is 12.4. The summed E-state index contributed by atoms with van der Waals surface area (Å²) in [4.78, 5) is 28.4. The highest BCUT2D eigenvalue weighted by Crippen LogP contribution is 2.17. The van der Waals surface area contributed by atoms with Gasteiger partial charge in [-0.05, 0) is 49.2 Å². The molecule has 132 valence electrons. The Balaban J connectivity index is 2.08. The van der Waals surface area contributed by atoms with Crippen LogP contribution in [0.25, 0.3) is 0 Å². The van der Waals surface area contributed by atoms with Gasteiger partial charge in [0.2, 0.25) is 0 Å². The van der Waals surface area contributed by atoms with Gasteiger partial charge in [0.15, 0.2) is 0 Å². The van der Waals surface area contributed by atoms with Crippen molar-refractivity contribution < 1.29 is 19.1 Å². The molecular formula is C19H22N2O4. The van der Waals surface area contributed by atoms with Crippen LogP contribution in [0, 0.1) is 5.92 Å². The molecule has 1 N–H and O–H groups in total. The molecule has 0 aliphatic heterocycles. The van der Waals surface area contributed by atoms with E-state index in [9.17, 15) is 9.59 Å². The molecule has 0 aliphatic rings. The van der Waals surface area contributed by atoms with Gasteiger partial charge >= 0.3 is 5.97 Å². The Kier molecular flexibility index (Phi) is 6.51. The Bertz CT molecular complexity index is 726. The molecule has 6 nitrogen and oxygen atoms in total. The molecule has 1 heterocycles. The average molecular weight is 342 g/mol. The molecule has 1 amide bonds. The fourth-order valence-corrected chi connectivity index (χ4v) is 2.02. The molecule has 0 fully saturated rings. The van der Waals surface area contributed by atoms with Gasteiger partial charge in [-0.2, -0.15) is 0 Å². The largest absolute Gasteiger partial charge is 0.493 e. The lowest BCUT2D eigenvalue weighted by Gasteiger charge is -2.10. The molecule has 0 aliphatic carbocycles. The lowest BCUT2D eigenvalue weighted by atomic mass is 10.2. The maximum atomic E-state index is 12.4. The van der Waals surface area contributed by atoms with Crippen LogP contribution in [0.1, 0.15) is 41.5 Å². The van der Waals surface area contributed by atoms with Crippen LogP contribution in [-0.4, -0.2) is 30.1 Å². The molecule has 0 spiro atoms. The normalized spacial score (nSPS) is 10.4. The predicted octanol–water partition coefficient (Wildman–Crippen LogP) is 3.55. The molecule has 0 bridgehead atoms. The fourth-order valence-electron chi connectivity index (χ4n) is 2.02. The third-order valence-electron chi connectivity index (χ3n) is 3.23. The van der Waals surface area contributed by atoms with Gasteiger partial charge in [-0.15, -0.1) is 0 Å². The molecule has 2 aromatic rings. The number of esters is 1. The van der Waals surface area contributed by atoms with Crippen molar-refractivity contribution in [2.45, 2.75) is 20.8 Å². The van der Waals surface area contributed by atoms with Gasteiger partial charge < -0.3 is 14.8 Å². The van der Waals surface area contributed by atoms with Crippen LogP contribution in [0.2, 0.25) is 0 Å². The SMILES string of the molecule is CCOC(=O)c1cccnc1NC(=O)c1ccc(OCC(C)C)cc1. The van der Waals surface area contributed by atoms with E-state index in [0.717, 1.165) is 0 Å². The van der Waals surface area contributed by atoms with E-state index in [0.29, 0.717) is 23.8 Å². The van der Waals surface area contributed by atoms with Crippen LogP contribution in [-0.2, 0) is 4.74 Å². The quantitative estimate of drug-likeness (QED) is 0.779. The number of hydrogen-bond acceptors (Lipinski definition) is 5. The number of ether oxygens (including phenoxy) is 2. The first kappa shape index (κ1) is 18.4. The van der Waals surface area contributed by atoms with E-state index in [1.165, 1.54) is 6.20 Å². The third-order valence-corrected chi connectivity index (χ3v) is 3.23. The van der Waals surface area contributed by atoms with Crippen LogP contribution >= 0.6 is 0 Å². The second kappa shape index (κ2) is 8.82. The molecule has 1 aromatic carbocycles. The summed E-state index contributed by atoms with van der Waals surface area (Å²) in [5, 5.41) is 2.64. The van der Waals surface area contributed by atoms with Gasteiger partial charge in [-0.1, -0.05) is 13.8 Å². The van der Waals surface area contributed by atoms with Crippen LogP contribution < -0.4 is 10.1 Å². The second-order valence-electron chi connectivity index (χ2n) is 5.80. The number of aromatic nitrogens is 1. The number of nitrogens with one attached hydrogen (secondary N) is 1. The summed E-state index contributed by atoms with van der Waals surface area (Å²) in [6, 6.07) is 9.98. The van der Waals surface area contributed by atoms with Gasteiger partial charge in [0, 0.05) is 11.8 Å². The highest BCUT2D eigenvalue weighted by Gasteiger charge is 2.16. The molecule has 0 unspecified atom stereocenters. The Labute approximate surface area is 147 Å². The first-order chi connectivity index (χ1) is 12.0. The monoisotopic (exact) mass is 342 g/mol. The highest BCUT2D eigenvalue weighted by molar-refractivity contribution is 6.07. The third kappa shape index (κ3) is 5.31. The van der Waals surface area contributed by atoms with E-state index < -0.39 is 5.97 Å². The topological polar surface area (TPSA) is 77.5 Å². The Hall–Kier alpha value is -2.89. The second-order valence-corrected chi connectivity index (χ2v) is 5.80. The summed E-state index contributed by atoms with van der Waals surface area (Å²) in [5.74, 6) is 0.415. The number of rotatable bonds is 7. The predicted molar refractivity (Wildman–Crippen MR) is 94.9 cm³/mol. The minimum atomic E-state index is -0.525. The summed E-state index contributed by atoms with van der Waals surface area (Å²) in [6.07, 6.45) is 1.50. The molecule has 1 aromatic heterocycles. The van der Waals surface area contributed by atoms with Crippen molar-refractivity contribution in [3.05, 3.63) is 53.7 Å². The zero-order valence-corrected chi connectivity index (χ0v) is 14.6. The fraction of sp³-hybridized carbons (Fsp3) is 0.316. The number of pyridine rings is 1. The maximum Gasteiger partial charge on any atom is 0.341 e.